The Bertz CT molecular complexity index is 2240. The number of benzene rings is 6. The number of aromatic nitrogens is 1. The molecule has 0 spiro atoms. The third-order valence-corrected chi connectivity index (χ3v) is 9.52. The summed E-state index contributed by atoms with van der Waals surface area (Å²) in [5.74, 6) is 0.880. The van der Waals surface area contributed by atoms with E-state index in [9.17, 15) is 0 Å². The van der Waals surface area contributed by atoms with Crippen molar-refractivity contribution in [2.75, 3.05) is 5.32 Å². The van der Waals surface area contributed by atoms with Crippen LogP contribution in [0.1, 0.15) is 36.8 Å². The van der Waals surface area contributed by atoms with Gasteiger partial charge in [0.15, 0.2) is 6.23 Å². The number of rotatable bonds is 3. The first-order valence-corrected chi connectivity index (χ1v) is 15.0. The summed E-state index contributed by atoms with van der Waals surface area (Å²) >= 11 is 0. The average molecular weight is 555 g/mol. The van der Waals surface area contributed by atoms with Crippen LogP contribution in [0, 0.1) is 0 Å². The molecule has 2 aliphatic rings. The lowest BCUT2D eigenvalue weighted by molar-refractivity contribution is 0.260. The Morgan fingerprint density at radius 3 is 2.14 bits per heavy atom. The molecule has 1 unspecified atom stereocenters. The minimum Gasteiger partial charge on any atom is -0.464 e. The molecule has 0 saturated heterocycles. The highest BCUT2D eigenvalue weighted by molar-refractivity contribution is 6.05. The maximum absolute atomic E-state index is 6.45. The van der Waals surface area contributed by atoms with Gasteiger partial charge in [-0.2, -0.15) is 0 Å². The number of H-pyrrole nitrogens is 1. The molecule has 0 radical (unpaired) electrons. The highest BCUT2D eigenvalue weighted by Gasteiger charge is 2.35. The first-order chi connectivity index (χ1) is 21.0. The Kier molecular flexibility index (Phi) is 5.01. The van der Waals surface area contributed by atoms with Gasteiger partial charge in [0.1, 0.15) is 5.75 Å². The zero-order valence-corrected chi connectivity index (χ0v) is 24.1. The van der Waals surface area contributed by atoms with E-state index in [1.54, 1.807) is 0 Å². The maximum atomic E-state index is 6.45. The monoisotopic (exact) mass is 554 g/mol. The Morgan fingerprint density at radius 2 is 1.30 bits per heavy atom. The van der Waals surface area contributed by atoms with E-state index >= 15 is 0 Å². The fraction of sp³-hybridized carbons (Fsp3) is 0.100. The fourth-order valence-electron chi connectivity index (χ4n) is 7.26. The van der Waals surface area contributed by atoms with Gasteiger partial charge in [0, 0.05) is 22.7 Å². The van der Waals surface area contributed by atoms with Gasteiger partial charge in [-0.05, 0) is 97.1 Å². The molecule has 1 aliphatic carbocycles. The number of ether oxygens (including phenoxy) is 1. The van der Waals surface area contributed by atoms with Crippen molar-refractivity contribution < 1.29 is 4.74 Å². The van der Waals surface area contributed by atoms with E-state index in [0.29, 0.717) is 0 Å². The predicted molar refractivity (Wildman–Crippen MR) is 178 cm³/mol. The molecule has 1 aliphatic heterocycles. The summed E-state index contributed by atoms with van der Waals surface area (Å²) in [5, 5.41) is 7.23. The summed E-state index contributed by atoms with van der Waals surface area (Å²) < 4.78 is 6.45. The summed E-state index contributed by atoms with van der Waals surface area (Å²) in [5.41, 5.74) is 13.6. The molecule has 6 aromatic carbocycles. The van der Waals surface area contributed by atoms with Crippen molar-refractivity contribution in [2.24, 2.45) is 0 Å². The van der Waals surface area contributed by atoms with Crippen LogP contribution >= 0.6 is 0 Å². The van der Waals surface area contributed by atoms with Gasteiger partial charge in [-0.15, -0.1) is 0 Å². The molecule has 0 fully saturated rings. The lowest BCUT2D eigenvalue weighted by Crippen LogP contribution is -2.14. The van der Waals surface area contributed by atoms with E-state index in [-0.39, 0.29) is 11.6 Å². The number of aromatic amines is 1. The van der Waals surface area contributed by atoms with Crippen LogP contribution in [0.25, 0.3) is 55.1 Å². The minimum atomic E-state index is -0.209. The average Bonchev–Trinajstić information content (AvgIpc) is 3.75. The molecule has 3 nitrogen and oxygen atoms in total. The summed E-state index contributed by atoms with van der Waals surface area (Å²) in [7, 11) is 0. The van der Waals surface area contributed by atoms with Crippen LogP contribution in [-0.2, 0) is 5.41 Å². The van der Waals surface area contributed by atoms with E-state index in [4.69, 9.17) is 4.74 Å². The second-order valence-corrected chi connectivity index (χ2v) is 12.3. The van der Waals surface area contributed by atoms with Crippen molar-refractivity contribution in [1.29, 1.82) is 0 Å². The number of nitrogens with one attached hydrogen (secondary N) is 2. The van der Waals surface area contributed by atoms with E-state index in [2.05, 4.69) is 145 Å². The molecule has 1 aromatic heterocycles. The van der Waals surface area contributed by atoms with E-state index in [1.165, 1.54) is 55.1 Å². The summed E-state index contributed by atoms with van der Waals surface area (Å²) in [6, 6.07) is 44.2. The van der Waals surface area contributed by atoms with Gasteiger partial charge >= 0.3 is 0 Å². The summed E-state index contributed by atoms with van der Waals surface area (Å²) in [6.07, 6.45) is 1.76. The van der Waals surface area contributed by atoms with Crippen LogP contribution in [0.3, 0.4) is 0 Å². The molecule has 0 amide bonds. The van der Waals surface area contributed by atoms with Gasteiger partial charge in [0.25, 0.3) is 0 Å². The molecule has 1 atom stereocenters. The molecule has 2 N–H and O–H groups in total. The SMILES string of the molecule is CC1(C)c2ccccc2-c2ccc(-c3ccc(-c4ccc5c(c4)OC(c4ccc6[nH]ccc6c4)N5)c4ccccc34)cc21. The Morgan fingerprint density at radius 1 is 0.605 bits per heavy atom. The predicted octanol–water partition coefficient (Wildman–Crippen LogP) is 10.5. The Labute approximate surface area is 250 Å². The fourth-order valence-corrected chi connectivity index (χ4v) is 7.26. The van der Waals surface area contributed by atoms with Gasteiger partial charge in [0.2, 0.25) is 0 Å². The molecule has 3 heteroatoms. The van der Waals surface area contributed by atoms with Crippen molar-refractivity contribution in [2.45, 2.75) is 25.5 Å². The Hall–Kier alpha value is -5.28. The first kappa shape index (κ1) is 24.3. The zero-order chi connectivity index (χ0) is 28.7. The highest BCUT2D eigenvalue weighted by atomic mass is 16.5. The summed E-state index contributed by atoms with van der Waals surface area (Å²) in [6.45, 7) is 4.69. The maximum Gasteiger partial charge on any atom is 0.196 e. The number of fused-ring (bicyclic) bond motifs is 6. The van der Waals surface area contributed by atoms with Gasteiger partial charge in [-0.3, -0.25) is 0 Å². The molecule has 0 bridgehead atoms. The van der Waals surface area contributed by atoms with E-state index in [0.717, 1.165) is 28.1 Å². The molecular weight excluding hydrogens is 524 g/mol. The van der Waals surface area contributed by atoms with E-state index in [1.807, 2.05) is 6.20 Å². The van der Waals surface area contributed by atoms with Crippen LogP contribution in [0.4, 0.5) is 5.69 Å². The van der Waals surface area contributed by atoms with E-state index < -0.39 is 0 Å². The topological polar surface area (TPSA) is 37.0 Å². The molecular formula is C40H30N2O. The lowest BCUT2D eigenvalue weighted by Gasteiger charge is -2.22. The molecule has 7 aromatic rings. The third kappa shape index (κ3) is 3.61. The van der Waals surface area contributed by atoms with Gasteiger partial charge < -0.3 is 15.0 Å². The third-order valence-electron chi connectivity index (χ3n) is 9.52. The smallest absolute Gasteiger partial charge is 0.196 e. The van der Waals surface area contributed by atoms with Gasteiger partial charge in [-0.1, -0.05) is 98.8 Å². The second-order valence-electron chi connectivity index (χ2n) is 12.3. The van der Waals surface area contributed by atoms with Gasteiger partial charge in [-0.25, -0.2) is 0 Å². The second kappa shape index (κ2) is 8.86. The number of anilines is 1. The lowest BCUT2D eigenvalue weighted by atomic mass is 9.81. The Balaban J connectivity index is 1.09. The molecule has 2 heterocycles. The van der Waals surface area contributed by atoms with Crippen molar-refractivity contribution in [3.8, 4) is 39.1 Å². The first-order valence-electron chi connectivity index (χ1n) is 15.0. The quantitative estimate of drug-likeness (QED) is 0.228. The summed E-state index contributed by atoms with van der Waals surface area (Å²) in [4.78, 5) is 3.27. The minimum absolute atomic E-state index is 0.0264. The molecule has 206 valence electrons. The largest absolute Gasteiger partial charge is 0.464 e. The molecule has 0 saturated carbocycles. The van der Waals surface area contributed by atoms with Crippen LogP contribution in [0.15, 0.2) is 128 Å². The van der Waals surface area contributed by atoms with Crippen molar-refractivity contribution >= 4 is 27.4 Å². The normalized spacial score (nSPS) is 16.0. The standard InChI is InChI=1S/C40H30N2O/c1-40(2)34-10-6-5-9-32(34)33-14-11-24(22-35(33)40)28-15-16-29(31-8-4-3-7-30(28)31)25-12-18-37-38(23-25)43-39(42-37)27-13-17-36-26(21-27)19-20-41-36/h3-23,39,41-42H,1-2H3. The number of hydrogen-bond acceptors (Lipinski definition) is 2. The molecule has 43 heavy (non-hydrogen) atoms. The van der Waals surface area contributed by atoms with Crippen molar-refractivity contribution in [3.63, 3.8) is 0 Å². The van der Waals surface area contributed by atoms with Crippen molar-refractivity contribution in [1.82, 2.24) is 4.98 Å². The van der Waals surface area contributed by atoms with Crippen LogP contribution in [0.5, 0.6) is 5.75 Å². The van der Waals surface area contributed by atoms with Crippen LogP contribution < -0.4 is 10.1 Å². The molecule has 9 rings (SSSR count). The van der Waals surface area contributed by atoms with Crippen molar-refractivity contribution in [3.05, 3.63) is 144 Å². The highest BCUT2D eigenvalue weighted by Crippen LogP contribution is 2.50. The van der Waals surface area contributed by atoms with Crippen LogP contribution in [0.2, 0.25) is 0 Å². The van der Waals surface area contributed by atoms with Crippen LogP contribution in [-0.4, -0.2) is 4.98 Å². The number of hydrogen-bond donors (Lipinski definition) is 2. The van der Waals surface area contributed by atoms with Gasteiger partial charge in [0.05, 0.1) is 5.69 Å². The zero-order valence-electron chi connectivity index (χ0n) is 24.1.